The van der Waals surface area contributed by atoms with Crippen LogP contribution in [0.2, 0.25) is 0 Å². The van der Waals surface area contributed by atoms with Crippen LogP contribution in [0.25, 0.3) is 0 Å². The van der Waals surface area contributed by atoms with Gasteiger partial charge in [-0.2, -0.15) is 0 Å². The second kappa shape index (κ2) is 3.84. The van der Waals surface area contributed by atoms with Crippen molar-refractivity contribution in [2.75, 3.05) is 0 Å². The molecule has 0 amide bonds. The Bertz CT molecular complexity index is 63.9. The molecule has 0 aliphatic rings. The second-order valence-electron chi connectivity index (χ2n) is 3.76. The summed E-state index contributed by atoms with van der Waals surface area (Å²) in [5, 5.41) is 11.1. The number of hydrogen-bond donors (Lipinski definition) is 0. The largest absolute Gasteiger partial charge is 1.00 e. The molecule has 0 aromatic heterocycles. The minimum Gasteiger partial charge on any atom is -0.849 e. The third kappa shape index (κ3) is 4.93. The fourth-order valence-electron chi connectivity index (χ4n) is 0. The quantitative estimate of drug-likeness (QED) is 0.377. The van der Waals surface area contributed by atoms with Gasteiger partial charge < -0.3 is 5.11 Å². The van der Waals surface area contributed by atoms with Crippen LogP contribution in [0.5, 0.6) is 0 Å². The van der Waals surface area contributed by atoms with E-state index in [1.54, 1.807) is 13.8 Å². The van der Waals surface area contributed by atoms with Gasteiger partial charge in [-0.05, 0) is 5.41 Å². The molecule has 9 heavy (non-hydrogen) atoms. The van der Waals surface area contributed by atoms with Crippen LogP contribution in [0.15, 0.2) is 0 Å². The normalized spacial score (nSPS) is 12.7. The summed E-state index contributed by atoms with van der Waals surface area (Å²) in [5.74, 6) is 0. The third-order valence-electron chi connectivity index (χ3n) is 1.81. The van der Waals surface area contributed by atoms with Gasteiger partial charge in [-0.15, -0.1) is 5.60 Å². The molecule has 0 aromatic carbocycles. The van der Waals surface area contributed by atoms with Gasteiger partial charge in [0.1, 0.15) is 0 Å². The van der Waals surface area contributed by atoms with Crippen LogP contribution in [-0.2, 0) is 0 Å². The zero-order valence-corrected chi connectivity index (χ0v) is 10.5. The molecule has 0 saturated heterocycles. The molecule has 0 N–H and O–H groups in total. The van der Waals surface area contributed by atoms with E-state index in [9.17, 15) is 5.11 Å². The van der Waals surface area contributed by atoms with Crippen LogP contribution < -0.4 is 56.5 Å². The van der Waals surface area contributed by atoms with E-state index in [2.05, 4.69) is 0 Å². The monoisotopic (exact) mass is 154 g/mol. The molecule has 0 bridgehead atoms. The van der Waals surface area contributed by atoms with E-state index in [1.165, 1.54) is 0 Å². The van der Waals surface area contributed by atoms with Crippen molar-refractivity contribution < 1.29 is 56.5 Å². The molecule has 0 fully saturated rings. The van der Waals surface area contributed by atoms with Crippen LogP contribution in [0.1, 0.15) is 34.6 Å². The Morgan fingerprint density at radius 2 is 1.00 bits per heavy atom. The minimum absolute atomic E-state index is 0. The molecule has 2 heteroatoms. The van der Waals surface area contributed by atoms with Crippen LogP contribution in [-0.4, -0.2) is 5.60 Å². The van der Waals surface area contributed by atoms with E-state index < -0.39 is 5.60 Å². The molecule has 0 unspecified atom stereocenters. The first-order chi connectivity index (χ1) is 3.25. The van der Waals surface area contributed by atoms with Crippen molar-refractivity contribution in [2.24, 2.45) is 5.41 Å². The molecular formula is C7H15KO. The molecule has 0 saturated carbocycles. The smallest absolute Gasteiger partial charge is 0.849 e. The van der Waals surface area contributed by atoms with E-state index in [0.29, 0.717) is 0 Å². The molecule has 0 aliphatic heterocycles. The van der Waals surface area contributed by atoms with E-state index in [1.807, 2.05) is 20.8 Å². The van der Waals surface area contributed by atoms with Gasteiger partial charge in [0, 0.05) is 0 Å². The summed E-state index contributed by atoms with van der Waals surface area (Å²) in [7, 11) is 0. The van der Waals surface area contributed by atoms with Gasteiger partial charge in [0.2, 0.25) is 0 Å². The Balaban J connectivity index is 0. The van der Waals surface area contributed by atoms with Crippen molar-refractivity contribution in [2.45, 2.75) is 40.2 Å². The van der Waals surface area contributed by atoms with E-state index in [4.69, 9.17) is 0 Å². The third-order valence-corrected chi connectivity index (χ3v) is 1.81. The fourth-order valence-corrected chi connectivity index (χ4v) is 0. The van der Waals surface area contributed by atoms with Gasteiger partial charge in [0.05, 0.1) is 0 Å². The summed E-state index contributed by atoms with van der Waals surface area (Å²) < 4.78 is 0. The molecule has 0 atom stereocenters. The molecule has 1 nitrogen and oxygen atoms in total. The summed E-state index contributed by atoms with van der Waals surface area (Å²) in [5.41, 5.74) is -0.931. The standard InChI is InChI=1S/C7H15O.K/c1-6(2,3)7(4,5)8;/h1-5H3;/q-1;+1. The van der Waals surface area contributed by atoms with Crippen LogP contribution in [0, 0.1) is 5.41 Å². The van der Waals surface area contributed by atoms with Crippen LogP contribution in [0.4, 0.5) is 0 Å². The van der Waals surface area contributed by atoms with Gasteiger partial charge in [0.15, 0.2) is 0 Å². The van der Waals surface area contributed by atoms with Crippen molar-refractivity contribution >= 4 is 0 Å². The Morgan fingerprint density at radius 1 is 0.889 bits per heavy atom. The van der Waals surface area contributed by atoms with Crippen LogP contribution in [0.3, 0.4) is 0 Å². The SMILES string of the molecule is CC(C)(C)C(C)(C)[O-].[K+]. The van der Waals surface area contributed by atoms with Crippen LogP contribution >= 0.6 is 0 Å². The van der Waals surface area contributed by atoms with E-state index in [-0.39, 0.29) is 56.8 Å². The first kappa shape index (κ1) is 13.2. The predicted molar refractivity (Wildman–Crippen MR) is 33.5 cm³/mol. The number of hydrogen-bond acceptors (Lipinski definition) is 1. The average Bonchev–Trinajstić information content (AvgIpc) is 1.25. The fraction of sp³-hybridized carbons (Fsp3) is 1.00. The predicted octanol–water partition coefficient (Wildman–Crippen LogP) is -1.82. The van der Waals surface area contributed by atoms with Crippen molar-refractivity contribution in [1.82, 2.24) is 0 Å². The Labute approximate surface area is 101 Å². The van der Waals surface area contributed by atoms with E-state index in [0.717, 1.165) is 0 Å². The Morgan fingerprint density at radius 3 is 1.00 bits per heavy atom. The zero-order chi connectivity index (χ0) is 7.00. The van der Waals surface area contributed by atoms with Crippen molar-refractivity contribution in [3.05, 3.63) is 0 Å². The Hall–Kier alpha value is 1.60. The maximum Gasteiger partial charge on any atom is 1.00 e. The molecule has 0 rings (SSSR count). The maximum absolute atomic E-state index is 11.1. The molecule has 0 heterocycles. The first-order valence-corrected chi connectivity index (χ1v) is 2.95. The minimum atomic E-state index is -0.812. The van der Waals surface area contributed by atoms with Crippen molar-refractivity contribution in [1.29, 1.82) is 0 Å². The molecule has 0 radical (unpaired) electrons. The van der Waals surface area contributed by atoms with Gasteiger partial charge in [-0.25, -0.2) is 0 Å². The molecule has 50 valence electrons. The van der Waals surface area contributed by atoms with E-state index >= 15 is 0 Å². The average molecular weight is 154 g/mol. The second-order valence-corrected chi connectivity index (χ2v) is 3.76. The topological polar surface area (TPSA) is 23.1 Å². The summed E-state index contributed by atoms with van der Waals surface area (Å²) >= 11 is 0. The summed E-state index contributed by atoms with van der Waals surface area (Å²) in [6.45, 7) is 9.31. The molecule has 0 aromatic rings. The van der Waals surface area contributed by atoms with Crippen molar-refractivity contribution in [3.63, 3.8) is 0 Å². The summed E-state index contributed by atoms with van der Waals surface area (Å²) in [6.07, 6.45) is 0. The van der Waals surface area contributed by atoms with Crippen molar-refractivity contribution in [3.8, 4) is 0 Å². The maximum atomic E-state index is 11.1. The number of rotatable bonds is 0. The molecular weight excluding hydrogens is 139 g/mol. The molecule has 0 spiro atoms. The molecule has 0 aliphatic carbocycles. The first-order valence-electron chi connectivity index (χ1n) is 2.95. The van der Waals surface area contributed by atoms with Gasteiger partial charge >= 0.3 is 51.4 Å². The summed E-state index contributed by atoms with van der Waals surface area (Å²) in [6, 6.07) is 0. The van der Waals surface area contributed by atoms with Gasteiger partial charge in [0.25, 0.3) is 0 Å². The zero-order valence-electron chi connectivity index (χ0n) is 7.41. The Kier molecular flexibility index (Phi) is 5.63. The van der Waals surface area contributed by atoms with Gasteiger partial charge in [-0.1, -0.05) is 34.6 Å². The van der Waals surface area contributed by atoms with Gasteiger partial charge in [-0.3, -0.25) is 0 Å². The summed E-state index contributed by atoms with van der Waals surface area (Å²) in [4.78, 5) is 0.